The van der Waals surface area contributed by atoms with Crippen LogP contribution in [0.1, 0.15) is 66.6 Å². The number of amides is 1. The number of nitrogens with one attached hydrogen (secondary N) is 2. The van der Waals surface area contributed by atoms with Gasteiger partial charge in [-0.25, -0.2) is 22.0 Å². The minimum Gasteiger partial charge on any atom is -0.381 e. The van der Waals surface area contributed by atoms with Crippen molar-refractivity contribution in [2.75, 3.05) is 25.5 Å². The van der Waals surface area contributed by atoms with E-state index in [0.717, 1.165) is 42.8 Å². The van der Waals surface area contributed by atoms with Crippen molar-refractivity contribution in [3.8, 4) is 0 Å². The average Bonchev–Trinajstić information content (AvgIpc) is 3.62. The van der Waals surface area contributed by atoms with Gasteiger partial charge >= 0.3 is 0 Å². The van der Waals surface area contributed by atoms with E-state index in [1.165, 1.54) is 25.1 Å². The molecule has 0 spiro atoms. The summed E-state index contributed by atoms with van der Waals surface area (Å²) < 4.78 is 69.8. The fourth-order valence-corrected chi connectivity index (χ4v) is 6.17. The molecule has 4 atom stereocenters. The summed E-state index contributed by atoms with van der Waals surface area (Å²) in [6.45, 7) is 3.17. The molecule has 6 nitrogen and oxygen atoms in total. The van der Waals surface area contributed by atoms with Gasteiger partial charge in [-0.1, -0.05) is 18.2 Å². The van der Waals surface area contributed by atoms with Gasteiger partial charge in [0.25, 0.3) is 24.3 Å². The highest BCUT2D eigenvalue weighted by molar-refractivity contribution is 5.99. The van der Waals surface area contributed by atoms with E-state index in [0.29, 0.717) is 11.8 Å². The molecule has 11 heteroatoms. The molecule has 0 radical (unpaired) electrons. The Morgan fingerprint density at radius 3 is 2.29 bits per heavy atom. The number of piperidine rings is 1. The number of anilines is 1. The summed E-state index contributed by atoms with van der Waals surface area (Å²) in [6.07, 6.45) is -2.43. The molecule has 5 rings (SSSR count). The quantitative estimate of drug-likeness (QED) is 0.469. The number of halogens is 5. The number of carbonyl (C=O) groups is 1. The summed E-state index contributed by atoms with van der Waals surface area (Å²) in [7, 11) is 2.05. The van der Waals surface area contributed by atoms with Crippen molar-refractivity contribution >= 4 is 11.6 Å². The number of fused-ring (bicyclic) bond motifs is 2. The van der Waals surface area contributed by atoms with Crippen LogP contribution in [0.3, 0.4) is 0 Å². The van der Waals surface area contributed by atoms with Crippen LogP contribution < -0.4 is 16.2 Å². The Balaban J connectivity index is 1.49. The normalized spacial score (nSPS) is 25.0. The lowest BCUT2D eigenvalue weighted by Gasteiger charge is -2.37. The third-order valence-corrected chi connectivity index (χ3v) is 8.39. The first kappa shape index (κ1) is 26.6. The van der Waals surface area contributed by atoms with Crippen molar-refractivity contribution in [1.82, 2.24) is 14.8 Å². The molecule has 1 saturated heterocycles. The molecule has 2 N–H and O–H groups in total. The zero-order valence-electron chi connectivity index (χ0n) is 21.2. The van der Waals surface area contributed by atoms with Crippen LogP contribution in [0.15, 0.2) is 35.3 Å². The van der Waals surface area contributed by atoms with Crippen molar-refractivity contribution in [1.29, 1.82) is 0 Å². The maximum absolute atomic E-state index is 14.7. The molecule has 2 aliphatic carbocycles. The van der Waals surface area contributed by atoms with Crippen molar-refractivity contribution in [2.24, 2.45) is 11.8 Å². The van der Waals surface area contributed by atoms with Crippen LogP contribution in [-0.2, 0) is 5.54 Å². The fourth-order valence-electron chi connectivity index (χ4n) is 6.17. The first-order valence-electron chi connectivity index (χ1n) is 12.9. The summed E-state index contributed by atoms with van der Waals surface area (Å²) in [6, 6.07) is 3.77. The average molecular weight is 539 g/mol. The second-order valence-electron chi connectivity index (χ2n) is 10.9. The summed E-state index contributed by atoms with van der Waals surface area (Å²) >= 11 is 0. The topological polar surface area (TPSA) is 66.4 Å². The maximum Gasteiger partial charge on any atom is 0.266 e. The molecular formula is C27H31F5N4O2. The number of carbonyl (C=O) groups excluding carboxylic acids is 1. The number of aromatic nitrogens is 1. The van der Waals surface area contributed by atoms with Gasteiger partial charge in [0.1, 0.15) is 11.4 Å². The molecule has 3 fully saturated rings. The highest BCUT2D eigenvalue weighted by atomic mass is 19.3. The third kappa shape index (κ3) is 4.69. The van der Waals surface area contributed by atoms with Gasteiger partial charge < -0.3 is 20.1 Å². The first-order valence-corrected chi connectivity index (χ1v) is 12.9. The lowest BCUT2D eigenvalue weighted by molar-refractivity contribution is 0.0648. The molecule has 2 bridgehead atoms. The molecule has 1 aromatic heterocycles. The van der Waals surface area contributed by atoms with Gasteiger partial charge in [0.05, 0.1) is 22.9 Å². The zero-order valence-corrected chi connectivity index (χ0v) is 21.2. The second-order valence-corrected chi connectivity index (χ2v) is 10.9. The number of alkyl halides is 4. The summed E-state index contributed by atoms with van der Waals surface area (Å²) in [5.41, 5.74) is -2.98. The highest BCUT2D eigenvalue weighted by Crippen LogP contribution is 2.48. The van der Waals surface area contributed by atoms with Gasteiger partial charge in [-0.2, -0.15) is 0 Å². The Kier molecular flexibility index (Phi) is 7.00. The van der Waals surface area contributed by atoms with E-state index in [1.54, 1.807) is 0 Å². The molecule has 3 aliphatic rings. The maximum atomic E-state index is 14.7. The first-order chi connectivity index (χ1) is 18.0. The standard InChI is InChI=1S/C27H31F5N4O2/c1-14(17-4-3-5-18(22(17)28)24(29)30)33-25(38)19-13-36(27(8-9-27)26(31)32)21(37)10-20(19)34-23-15-6-7-16(23)12-35(2)11-15/h3-5,10,13-16,23-24,26,34H,6-9,11-12H2,1-2H3,(H,33,38)/t14-,15-,16+,23+/m1/s1. The van der Waals surface area contributed by atoms with Gasteiger partial charge in [-0.05, 0) is 51.5 Å². The predicted molar refractivity (Wildman–Crippen MR) is 132 cm³/mol. The van der Waals surface area contributed by atoms with E-state index in [2.05, 4.69) is 15.5 Å². The van der Waals surface area contributed by atoms with E-state index in [4.69, 9.17) is 0 Å². The van der Waals surface area contributed by atoms with E-state index in [9.17, 15) is 31.5 Å². The van der Waals surface area contributed by atoms with Gasteiger partial charge in [0.15, 0.2) is 0 Å². The molecule has 1 amide bonds. The fraction of sp³-hybridized carbons (Fsp3) is 0.556. The number of nitrogens with zero attached hydrogens (tertiary/aromatic N) is 2. The van der Waals surface area contributed by atoms with Crippen molar-refractivity contribution in [3.05, 3.63) is 63.3 Å². The van der Waals surface area contributed by atoms with Crippen LogP contribution in [0.2, 0.25) is 0 Å². The molecule has 38 heavy (non-hydrogen) atoms. The van der Waals surface area contributed by atoms with Crippen molar-refractivity contribution < 1.29 is 26.7 Å². The molecule has 2 heterocycles. The van der Waals surface area contributed by atoms with Gasteiger partial charge in [-0.15, -0.1) is 0 Å². The number of rotatable bonds is 8. The molecule has 0 unspecified atom stereocenters. The number of pyridine rings is 1. The summed E-state index contributed by atoms with van der Waals surface area (Å²) in [4.78, 5) is 28.7. The van der Waals surface area contributed by atoms with Crippen LogP contribution in [0.5, 0.6) is 0 Å². The Bertz CT molecular complexity index is 1260. The Hall–Kier alpha value is -2.95. The lowest BCUT2D eigenvalue weighted by atomic mass is 9.92. The van der Waals surface area contributed by atoms with Gasteiger partial charge in [-0.3, -0.25) is 9.59 Å². The minimum absolute atomic E-state index is 0.00979. The molecule has 2 aromatic rings. The molecule has 2 saturated carbocycles. The van der Waals surface area contributed by atoms with Crippen molar-refractivity contribution in [2.45, 2.75) is 63.1 Å². The smallest absolute Gasteiger partial charge is 0.266 e. The summed E-state index contributed by atoms with van der Waals surface area (Å²) in [5, 5.41) is 5.98. The van der Waals surface area contributed by atoms with Crippen molar-refractivity contribution in [3.63, 3.8) is 0 Å². The van der Waals surface area contributed by atoms with Crippen LogP contribution in [0, 0.1) is 17.7 Å². The lowest BCUT2D eigenvalue weighted by Crippen LogP contribution is -2.47. The Morgan fingerprint density at radius 2 is 1.71 bits per heavy atom. The van der Waals surface area contributed by atoms with Crippen LogP contribution >= 0.6 is 0 Å². The molecule has 206 valence electrons. The summed E-state index contributed by atoms with van der Waals surface area (Å²) in [5.74, 6) is -1.23. The van der Waals surface area contributed by atoms with E-state index >= 15 is 0 Å². The number of benzene rings is 1. The highest BCUT2D eigenvalue weighted by Gasteiger charge is 2.54. The molecule has 1 aromatic carbocycles. The SMILES string of the molecule is C[C@@H](NC(=O)c1cn(C2(C(F)F)CC2)c(=O)cc1N[C@H]1[C@@H]2CC[C@H]1CN(C)C2)c1cccc(C(F)F)c1F. The Labute approximate surface area is 217 Å². The predicted octanol–water partition coefficient (Wildman–Crippen LogP) is 4.92. The zero-order chi connectivity index (χ0) is 27.4. The van der Waals surface area contributed by atoms with Crippen LogP contribution in [0.4, 0.5) is 27.6 Å². The minimum atomic E-state index is -3.02. The largest absolute Gasteiger partial charge is 0.381 e. The third-order valence-electron chi connectivity index (χ3n) is 8.39. The monoisotopic (exact) mass is 538 g/mol. The second kappa shape index (κ2) is 9.98. The number of hydrogen-bond acceptors (Lipinski definition) is 4. The Morgan fingerprint density at radius 1 is 1.08 bits per heavy atom. The van der Waals surface area contributed by atoms with Crippen LogP contribution in [0.25, 0.3) is 0 Å². The van der Waals surface area contributed by atoms with E-state index in [1.807, 2.05) is 7.05 Å². The molecular weight excluding hydrogens is 507 g/mol. The molecule has 1 aliphatic heterocycles. The van der Waals surface area contributed by atoms with Gasteiger partial charge in [0, 0.05) is 37.0 Å². The van der Waals surface area contributed by atoms with E-state index in [-0.39, 0.29) is 35.7 Å². The van der Waals surface area contributed by atoms with Crippen LogP contribution in [-0.4, -0.2) is 48.0 Å². The van der Waals surface area contributed by atoms with E-state index < -0.39 is 47.3 Å². The number of likely N-dealkylation sites (tertiary alicyclic amines) is 1. The van der Waals surface area contributed by atoms with Gasteiger partial charge in [0.2, 0.25) is 0 Å². The number of hydrogen-bond donors (Lipinski definition) is 2.